The third-order valence-electron chi connectivity index (χ3n) is 3.06. The van der Waals surface area contributed by atoms with Crippen LogP contribution in [0.15, 0.2) is 0 Å². The maximum Gasteiger partial charge on any atom is 0.237 e. The zero-order chi connectivity index (χ0) is 10.7. The van der Waals surface area contributed by atoms with E-state index < -0.39 is 0 Å². The van der Waals surface area contributed by atoms with Crippen molar-refractivity contribution in [3.05, 3.63) is 0 Å². The number of carbonyl (C=O) groups excluding carboxylic acids is 1. The van der Waals surface area contributed by atoms with Crippen LogP contribution >= 0.6 is 0 Å². The molecule has 3 atom stereocenters. The Morgan fingerprint density at radius 1 is 1.43 bits per heavy atom. The molecule has 1 amide bonds. The van der Waals surface area contributed by atoms with Gasteiger partial charge in [-0.2, -0.15) is 0 Å². The topological polar surface area (TPSA) is 55.1 Å². The lowest BCUT2D eigenvalue weighted by Gasteiger charge is -2.19. The maximum atomic E-state index is 11.6. The van der Waals surface area contributed by atoms with Gasteiger partial charge in [0.05, 0.1) is 6.04 Å². The van der Waals surface area contributed by atoms with Crippen LogP contribution in [0.1, 0.15) is 40.0 Å². The van der Waals surface area contributed by atoms with Gasteiger partial charge in [0, 0.05) is 6.04 Å². The summed E-state index contributed by atoms with van der Waals surface area (Å²) in [4.78, 5) is 11.6. The first-order chi connectivity index (χ1) is 6.50. The van der Waals surface area contributed by atoms with Gasteiger partial charge in [-0.15, -0.1) is 0 Å². The van der Waals surface area contributed by atoms with E-state index in [1.54, 1.807) is 0 Å². The second kappa shape index (κ2) is 4.78. The van der Waals surface area contributed by atoms with E-state index in [4.69, 9.17) is 5.73 Å². The third-order valence-corrected chi connectivity index (χ3v) is 3.06. The van der Waals surface area contributed by atoms with Gasteiger partial charge >= 0.3 is 0 Å². The lowest BCUT2D eigenvalue weighted by molar-refractivity contribution is -0.123. The van der Waals surface area contributed by atoms with Crippen molar-refractivity contribution in [1.82, 2.24) is 5.32 Å². The van der Waals surface area contributed by atoms with Crippen LogP contribution in [0.4, 0.5) is 0 Å². The number of hydrogen-bond donors (Lipinski definition) is 2. The normalized spacial score (nSPS) is 29.2. The molecule has 0 aromatic rings. The van der Waals surface area contributed by atoms with E-state index in [0.717, 1.165) is 18.8 Å². The number of carbonyl (C=O) groups is 1. The summed E-state index contributed by atoms with van der Waals surface area (Å²) in [6.45, 7) is 6.18. The van der Waals surface area contributed by atoms with Gasteiger partial charge in [0.1, 0.15) is 0 Å². The van der Waals surface area contributed by atoms with E-state index in [-0.39, 0.29) is 17.9 Å². The molecule has 0 spiro atoms. The van der Waals surface area contributed by atoms with Gasteiger partial charge in [-0.05, 0) is 31.1 Å². The third kappa shape index (κ3) is 2.98. The van der Waals surface area contributed by atoms with Crippen molar-refractivity contribution in [2.45, 2.75) is 52.1 Å². The molecule has 1 fully saturated rings. The highest BCUT2D eigenvalue weighted by Crippen LogP contribution is 2.24. The Kier molecular flexibility index (Phi) is 3.93. The largest absolute Gasteiger partial charge is 0.352 e. The smallest absolute Gasteiger partial charge is 0.237 e. The summed E-state index contributed by atoms with van der Waals surface area (Å²) in [7, 11) is 0. The average Bonchev–Trinajstić information content (AvgIpc) is 2.49. The summed E-state index contributed by atoms with van der Waals surface area (Å²) >= 11 is 0. The molecular formula is C11H22N2O. The van der Waals surface area contributed by atoms with Crippen LogP contribution in [0.2, 0.25) is 0 Å². The molecule has 0 aromatic heterocycles. The van der Waals surface area contributed by atoms with Crippen molar-refractivity contribution in [2.75, 3.05) is 0 Å². The lowest BCUT2D eigenvalue weighted by atomic mass is 10.0. The molecule has 3 heteroatoms. The minimum Gasteiger partial charge on any atom is -0.352 e. The fourth-order valence-corrected chi connectivity index (χ4v) is 1.94. The van der Waals surface area contributed by atoms with E-state index in [9.17, 15) is 4.79 Å². The molecule has 1 aliphatic carbocycles. The summed E-state index contributed by atoms with van der Waals surface area (Å²) in [5.41, 5.74) is 5.76. The quantitative estimate of drug-likeness (QED) is 0.717. The molecule has 0 aliphatic heterocycles. The van der Waals surface area contributed by atoms with Gasteiger partial charge in [0.2, 0.25) is 5.91 Å². The molecule has 0 heterocycles. The van der Waals surface area contributed by atoms with Crippen LogP contribution in [0.5, 0.6) is 0 Å². The highest BCUT2D eigenvalue weighted by atomic mass is 16.2. The molecule has 0 aromatic carbocycles. The Bertz CT molecular complexity index is 203. The molecule has 3 nitrogen and oxygen atoms in total. The van der Waals surface area contributed by atoms with Crippen molar-refractivity contribution >= 4 is 5.91 Å². The van der Waals surface area contributed by atoms with Crippen LogP contribution < -0.4 is 11.1 Å². The van der Waals surface area contributed by atoms with Crippen molar-refractivity contribution < 1.29 is 4.79 Å². The number of nitrogens with two attached hydrogens (primary N) is 1. The van der Waals surface area contributed by atoms with Crippen LogP contribution in [0, 0.1) is 11.8 Å². The van der Waals surface area contributed by atoms with Crippen LogP contribution in [0.3, 0.4) is 0 Å². The standard InChI is InChI=1S/C11H22N2O/c1-7(2)10(12)11(14)13-9-5-4-8(3)6-9/h7-10H,4-6,12H2,1-3H3,(H,13,14)/t8?,9?,10-/m0/s1. The minimum atomic E-state index is -0.356. The number of hydrogen-bond acceptors (Lipinski definition) is 2. The fraction of sp³-hybridized carbons (Fsp3) is 0.909. The molecule has 1 aliphatic rings. The SMILES string of the molecule is CC1CCC(NC(=O)[C@@H](N)C(C)C)C1. The molecule has 0 saturated heterocycles. The number of amides is 1. The molecule has 0 radical (unpaired) electrons. The summed E-state index contributed by atoms with van der Waals surface area (Å²) in [5.74, 6) is 0.975. The van der Waals surface area contributed by atoms with E-state index in [1.165, 1.54) is 6.42 Å². The van der Waals surface area contributed by atoms with Gasteiger partial charge in [-0.1, -0.05) is 20.8 Å². The van der Waals surface area contributed by atoms with Crippen LogP contribution in [-0.2, 0) is 4.79 Å². The molecule has 1 rings (SSSR count). The zero-order valence-corrected chi connectivity index (χ0v) is 9.42. The summed E-state index contributed by atoms with van der Waals surface area (Å²) in [6, 6.07) is 0.00760. The summed E-state index contributed by atoms with van der Waals surface area (Å²) < 4.78 is 0. The van der Waals surface area contributed by atoms with E-state index in [2.05, 4.69) is 12.2 Å². The van der Waals surface area contributed by atoms with Crippen LogP contribution in [-0.4, -0.2) is 18.0 Å². The maximum absolute atomic E-state index is 11.6. The Balaban J connectivity index is 2.33. The minimum absolute atomic E-state index is 0.0131. The van der Waals surface area contributed by atoms with Gasteiger partial charge in [0.15, 0.2) is 0 Å². The summed E-state index contributed by atoms with van der Waals surface area (Å²) in [6.07, 6.45) is 3.44. The predicted octanol–water partition coefficient (Wildman–Crippen LogP) is 1.27. The molecular weight excluding hydrogens is 176 g/mol. The monoisotopic (exact) mass is 198 g/mol. The molecule has 82 valence electrons. The van der Waals surface area contributed by atoms with Gasteiger partial charge in [0.25, 0.3) is 0 Å². The van der Waals surface area contributed by atoms with Crippen molar-refractivity contribution in [3.8, 4) is 0 Å². The second-order valence-electron chi connectivity index (χ2n) is 4.89. The van der Waals surface area contributed by atoms with E-state index in [0.29, 0.717) is 6.04 Å². The van der Waals surface area contributed by atoms with Crippen molar-refractivity contribution in [3.63, 3.8) is 0 Å². The molecule has 14 heavy (non-hydrogen) atoms. The molecule has 0 bridgehead atoms. The Labute approximate surface area is 86.4 Å². The second-order valence-corrected chi connectivity index (χ2v) is 4.89. The fourth-order valence-electron chi connectivity index (χ4n) is 1.94. The molecule has 2 unspecified atom stereocenters. The Hall–Kier alpha value is -0.570. The van der Waals surface area contributed by atoms with Gasteiger partial charge in [-0.25, -0.2) is 0 Å². The first-order valence-electron chi connectivity index (χ1n) is 5.56. The molecule has 1 saturated carbocycles. The van der Waals surface area contributed by atoms with E-state index in [1.807, 2.05) is 13.8 Å². The average molecular weight is 198 g/mol. The van der Waals surface area contributed by atoms with E-state index >= 15 is 0 Å². The summed E-state index contributed by atoms with van der Waals surface area (Å²) in [5, 5.41) is 3.03. The van der Waals surface area contributed by atoms with Gasteiger partial charge < -0.3 is 11.1 Å². The lowest BCUT2D eigenvalue weighted by Crippen LogP contribution is -2.47. The number of nitrogens with one attached hydrogen (secondary N) is 1. The molecule has 3 N–H and O–H groups in total. The highest BCUT2D eigenvalue weighted by Gasteiger charge is 2.25. The Morgan fingerprint density at radius 2 is 2.07 bits per heavy atom. The first-order valence-corrected chi connectivity index (χ1v) is 5.56. The Morgan fingerprint density at radius 3 is 2.50 bits per heavy atom. The highest BCUT2D eigenvalue weighted by molar-refractivity contribution is 5.82. The predicted molar refractivity (Wildman–Crippen MR) is 57.8 cm³/mol. The number of rotatable bonds is 3. The first kappa shape index (κ1) is 11.5. The van der Waals surface area contributed by atoms with Crippen LogP contribution in [0.25, 0.3) is 0 Å². The van der Waals surface area contributed by atoms with Crippen molar-refractivity contribution in [2.24, 2.45) is 17.6 Å². The zero-order valence-electron chi connectivity index (χ0n) is 9.42. The van der Waals surface area contributed by atoms with Crippen molar-refractivity contribution in [1.29, 1.82) is 0 Å². The van der Waals surface area contributed by atoms with Gasteiger partial charge in [-0.3, -0.25) is 4.79 Å².